The van der Waals surface area contributed by atoms with Crippen LogP contribution in [0.5, 0.6) is 0 Å². The van der Waals surface area contributed by atoms with Gasteiger partial charge in [-0.25, -0.2) is 9.97 Å². The lowest BCUT2D eigenvalue weighted by Gasteiger charge is -2.19. The first-order valence-electron chi connectivity index (χ1n) is 7.87. The molecule has 0 saturated heterocycles. The molecule has 120 valence electrons. The average molecular weight is 320 g/mol. The predicted molar refractivity (Wildman–Crippen MR) is 87.3 cm³/mol. The molecule has 4 heterocycles. The monoisotopic (exact) mass is 320 g/mol. The maximum absolute atomic E-state index is 12.5. The Morgan fingerprint density at radius 1 is 1.17 bits per heavy atom. The zero-order chi connectivity index (χ0) is 16.4. The molecule has 0 radical (unpaired) electrons. The van der Waals surface area contributed by atoms with E-state index in [0.717, 1.165) is 28.9 Å². The zero-order valence-corrected chi connectivity index (χ0v) is 13.1. The Morgan fingerprint density at radius 2 is 2.08 bits per heavy atom. The topological polar surface area (TPSA) is 72.1 Å². The van der Waals surface area contributed by atoms with E-state index in [1.165, 1.54) is 12.5 Å². The second-order valence-electron chi connectivity index (χ2n) is 5.69. The van der Waals surface area contributed by atoms with E-state index in [9.17, 15) is 4.79 Å². The molecule has 1 amide bonds. The molecule has 0 spiro atoms. The molecule has 0 fully saturated rings. The van der Waals surface area contributed by atoms with E-state index < -0.39 is 0 Å². The molecule has 24 heavy (non-hydrogen) atoms. The van der Waals surface area contributed by atoms with Crippen LogP contribution in [0.25, 0.3) is 11.3 Å². The van der Waals surface area contributed by atoms with Gasteiger partial charge in [0.15, 0.2) is 0 Å². The van der Waals surface area contributed by atoms with Crippen LogP contribution in [-0.2, 0) is 12.8 Å². The summed E-state index contributed by atoms with van der Waals surface area (Å²) in [7, 11) is 0. The summed E-state index contributed by atoms with van der Waals surface area (Å²) in [6, 6.07) is 5.59. The molecule has 0 aromatic carbocycles. The summed E-state index contributed by atoms with van der Waals surface area (Å²) in [4.78, 5) is 27.4. The van der Waals surface area contributed by atoms with Crippen LogP contribution in [0, 0.1) is 0 Å². The number of pyridine rings is 1. The SMILES string of the molecule is O=C(c1ccoc1)N1CCc2ncnc(-c3cccnc3)c2CC1. The smallest absolute Gasteiger partial charge is 0.257 e. The number of hydrogen-bond donors (Lipinski definition) is 0. The molecule has 3 aromatic heterocycles. The van der Waals surface area contributed by atoms with Crippen LogP contribution in [0.2, 0.25) is 0 Å². The summed E-state index contributed by atoms with van der Waals surface area (Å²) in [6.45, 7) is 1.28. The number of nitrogens with zero attached hydrogens (tertiary/aromatic N) is 4. The van der Waals surface area contributed by atoms with Gasteiger partial charge in [0.1, 0.15) is 12.6 Å². The lowest BCUT2D eigenvalue weighted by Crippen LogP contribution is -2.33. The summed E-state index contributed by atoms with van der Waals surface area (Å²) in [5, 5.41) is 0. The maximum atomic E-state index is 12.5. The van der Waals surface area contributed by atoms with Crippen molar-refractivity contribution in [3.63, 3.8) is 0 Å². The largest absolute Gasteiger partial charge is 0.472 e. The number of rotatable bonds is 2. The van der Waals surface area contributed by atoms with Gasteiger partial charge in [-0.15, -0.1) is 0 Å². The first kappa shape index (κ1) is 14.6. The molecule has 1 aliphatic rings. The Hall–Kier alpha value is -3.02. The van der Waals surface area contributed by atoms with Crippen molar-refractivity contribution in [3.05, 3.63) is 66.3 Å². The number of carbonyl (C=O) groups is 1. The van der Waals surface area contributed by atoms with E-state index in [2.05, 4.69) is 15.0 Å². The molecule has 1 aliphatic heterocycles. The Kier molecular flexibility index (Phi) is 3.78. The standard InChI is InChI=1S/C18H16N4O2/c23-18(14-5-9-24-11-14)22-7-3-15-16(4-8-22)20-12-21-17(15)13-2-1-6-19-10-13/h1-2,5-6,9-12H,3-4,7-8H2. The third-order valence-electron chi connectivity index (χ3n) is 4.28. The van der Waals surface area contributed by atoms with Gasteiger partial charge in [0.05, 0.1) is 17.5 Å². The number of fused-ring (bicyclic) bond motifs is 1. The van der Waals surface area contributed by atoms with Crippen LogP contribution < -0.4 is 0 Å². The molecule has 0 atom stereocenters. The van der Waals surface area contributed by atoms with Crippen LogP contribution in [-0.4, -0.2) is 38.8 Å². The van der Waals surface area contributed by atoms with Crippen molar-refractivity contribution in [1.29, 1.82) is 0 Å². The van der Waals surface area contributed by atoms with E-state index >= 15 is 0 Å². The molecule has 6 nitrogen and oxygen atoms in total. The molecule has 0 unspecified atom stereocenters. The van der Waals surface area contributed by atoms with E-state index in [1.54, 1.807) is 18.6 Å². The van der Waals surface area contributed by atoms with Crippen molar-refractivity contribution in [2.75, 3.05) is 13.1 Å². The van der Waals surface area contributed by atoms with E-state index in [1.807, 2.05) is 23.2 Å². The number of furan rings is 1. The van der Waals surface area contributed by atoms with E-state index in [0.29, 0.717) is 25.1 Å². The minimum atomic E-state index is -0.00700. The molecular weight excluding hydrogens is 304 g/mol. The quantitative estimate of drug-likeness (QED) is 0.725. The van der Waals surface area contributed by atoms with Gasteiger partial charge in [-0.2, -0.15) is 0 Å². The summed E-state index contributed by atoms with van der Waals surface area (Å²) in [5.74, 6) is -0.00700. The molecule has 0 saturated carbocycles. The fourth-order valence-corrected chi connectivity index (χ4v) is 3.05. The van der Waals surface area contributed by atoms with E-state index in [-0.39, 0.29) is 5.91 Å². The van der Waals surface area contributed by atoms with Crippen LogP contribution in [0.1, 0.15) is 21.6 Å². The van der Waals surface area contributed by atoms with Crippen molar-refractivity contribution >= 4 is 5.91 Å². The van der Waals surface area contributed by atoms with Crippen LogP contribution in [0.4, 0.5) is 0 Å². The van der Waals surface area contributed by atoms with Gasteiger partial charge >= 0.3 is 0 Å². The zero-order valence-electron chi connectivity index (χ0n) is 13.1. The Balaban J connectivity index is 1.63. The van der Waals surface area contributed by atoms with Crippen molar-refractivity contribution in [3.8, 4) is 11.3 Å². The van der Waals surface area contributed by atoms with Gasteiger partial charge in [-0.3, -0.25) is 9.78 Å². The molecular formula is C18H16N4O2. The fraction of sp³-hybridized carbons (Fsp3) is 0.222. The number of hydrogen-bond acceptors (Lipinski definition) is 5. The summed E-state index contributed by atoms with van der Waals surface area (Å²) in [6.07, 6.45) is 9.59. The van der Waals surface area contributed by atoms with Crippen molar-refractivity contribution < 1.29 is 9.21 Å². The van der Waals surface area contributed by atoms with Gasteiger partial charge in [0.2, 0.25) is 0 Å². The Morgan fingerprint density at radius 3 is 2.88 bits per heavy atom. The maximum Gasteiger partial charge on any atom is 0.257 e. The highest BCUT2D eigenvalue weighted by Crippen LogP contribution is 2.25. The first-order chi connectivity index (χ1) is 11.8. The molecule has 0 N–H and O–H groups in total. The molecule has 4 rings (SSSR count). The van der Waals surface area contributed by atoms with Gasteiger partial charge in [-0.1, -0.05) is 0 Å². The summed E-state index contributed by atoms with van der Waals surface area (Å²) < 4.78 is 5.02. The predicted octanol–water partition coefficient (Wildman–Crippen LogP) is 2.37. The Bertz CT molecular complexity index is 847. The summed E-state index contributed by atoms with van der Waals surface area (Å²) in [5.41, 5.74) is 4.58. The lowest BCUT2D eigenvalue weighted by atomic mass is 10.0. The second-order valence-corrected chi connectivity index (χ2v) is 5.69. The highest BCUT2D eigenvalue weighted by Gasteiger charge is 2.23. The number of carbonyl (C=O) groups excluding carboxylic acids is 1. The molecule has 0 bridgehead atoms. The van der Waals surface area contributed by atoms with Gasteiger partial charge in [-0.05, 0) is 24.6 Å². The van der Waals surface area contributed by atoms with Crippen molar-refractivity contribution in [1.82, 2.24) is 19.9 Å². The number of aromatic nitrogens is 3. The second kappa shape index (κ2) is 6.23. The van der Waals surface area contributed by atoms with Crippen LogP contribution >= 0.6 is 0 Å². The van der Waals surface area contributed by atoms with Gasteiger partial charge in [0, 0.05) is 48.7 Å². The van der Waals surface area contributed by atoms with Gasteiger partial charge < -0.3 is 9.32 Å². The minimum absolute atomic E-state index is 0.00700. The third kappa shape index (κ3) is 2.67. The lowest BCUT2D eigenvalue weighted by molar-refractivity contribution is 0.0762. The van der Waals surface area contributed by atoms with Crippen molar-refractivity contribution in [2.24, 2.45) is 0 Å². The third-order valence-corrected chi connectivity index (χ3v) is 4.28. The van der Waals surface area contributed by atoms with Crippen LogP contribution in [0.3, 0.4) is 0 Å². The highest BCUT2D eigenvalue weighted by molar-refractivity contribution is 5.93. The highest BCUT2D eigenvalue weighted by atomic mass is 16.3. The normalized spacial score (nSPS) is 14.1. The number of amides is 1. The van der Waals surface area contributed by atoms with E-state index in [4.69, 9.17) is 4.42 Å². The average Bonchev–Trinajstić information content (AvgIpc) is 3.08. The fourth-order valence-electron chi connectivity index (χ4n) is 3.05. The van der Waals surface area contributed by atoms with Gasteiger partial charge in [0.25, 0.3) is 5.91 Å². The first-order valence-corrected chi connectivity index (χ1v) is 7.87. The molecule has 6 heteroatoms. The minimum Gasteiger partial charge on any atom is -0.472 e. The Labute approximate surface area is 139 Å². The van der Waals surface area contributed by atoms with Crippen LogP contribution in [0.15, 0.2) is 53.9 Å². The van der Waals surface area contributed by atoms with Crippen molar-refractivity contribution in [2.45, 2.75) is 12.8 Å². The summed E-state index contributed by atoms with van der Waals surface area (Å²) >= 11 is 0. The molecule has 0 aliphatic carbocycles. The molecule has 3 aromatic rings.